The maximum Gasteiger partial charge on any atom is 0.0628 e. The molecule has 2 heterocycles. The third-order valence-electron chi connectivity index (χ3n) is 4.12. The van der Waals surface area contributed by atoms with Crippen LogP contribution in [0.15, 0.2) is 54.9 Å². The van der Waals surface area contributed by atoms with Crippen LogP contribution >= 0.6 is 0 Å². The highest BCUT2D eigenvalue weighted by molar-refractivity contribution is 5.22. The van der Waals surface area contributed by atoms with Gasteiger partial charge in [0.25, 0.3) is 0 Å². The minimum absolute atomic E-state index is 0.0731. The second kappa shape index (κ2) is 6.16. The van der Waals surface area contributed by atoms with Crippen LogP contribution in [0.5, 0.6) is 0 Å². The molecule has 1 aromatic carbocycles. The van der Waals surface area contributed by atoms with Crippen molar-refractivity contribution in [3.63, 3.8) is 0 Å². The molecule has 1 fully saturated rings. The van der Waals surface area contributed by atoms with Crippen LogP contribution in [-0.4, -0.2) is 28.1 Å². The number of rotatable bonds is 4. The van der Waals surface area contributed by atoms with Gasteiger partial charge in [0.05, 0.1) is 12.6 Å². The Labute approximate surface area is 119 Å². The maximum absolute atomic E-state index is 9.85. The van der Waals surface area contributed by atoms with E-state index >= 15 is 0 Å². The lowest BCUT2D eigenvalue weighted by Crippen LogP contribution is -2.30. The number of aromatic nitrogens is 1. The molecule has 3 heteroatoms. The van der Waals surface area contributed by atoms with Crippen LogP contribution in [0.2, 0.25) is 0 Å². The predicted molar refractivity (Wildman–Crippen MR) is 79.2 cm³/mol. The van der Waals surface area contributed by atoms with E-state index in [4.69, 9.17) is 0 Å². The van der Waals surface area contributed by atoms with Gasteiger partial charge in [-0.05, 0) is 36.6 Å². The summed E-state index contributed by atoms with van der Waals surface area (Å²) in [6.45, 7) is 1.18. The Bertz CT molecular complexity index is 529. The Balaban J connectivity index is 1.87. The molecule has 1 saturated heterocycles. The van der Waals surface area contributed by atoms with E-state index in [9.17, 15) is 5.11 Å². The number of aliphatic hydroxyl groups excluding tert-OH is 1. The van der Waals surface area contributed by atoms with Crippen LogP contribution in [0, 0.1) is 0 Å². The molecule has 20 heavy (non-hydrogen) atoms. The van der Waals surface area contributed by atoms with Crippen molar-refractivity contribution in [3.05, 3.63) is 66.0 Å². The number of aliphatic hydroxyl groups is 1. The van der Waals surface area contributed by atoms with E-state index in [0.29, 0.717) is 6.04 Å². The van der Waals surface area contributed by atoms with Crippen molar-refractivity contribution in [2.45, 2.75) is 24.9 Å². The molecule has 3 nitrogen and oxygen atoms in total. The number of hydrogen-bond donors (Lipinski definition) is 1. The van der Waals surface area contributed by atoms with E-state index in [1.54, 1.807) is 0 Å². The first-order valence-corrected chi connectivity index (χ1v) is 7.21. The lowest BCUT2D eigenvalue weighted by Gasteiger charge is -2.32. The van der Waals surface area contributed by atoms with Crippen LogP contribution < -0.4 is 0 Å². The summed E-state index contributed by atoms with van der Waals surface area (Å²) < 4.78 is 0. The van der Waals surface area contributed by atoms with Crippen molar-refractivity contribution < 1.29 is 5.11 Å². The summed E-state index contributed by atoms with van der Waals surface area (Å²) in [5.41, 5.74) is 2.44. The molecule has 0 saturated carbocycles. The SMILES string of the molecule is OC[C@H](c1ccccc1)N1CCC[C@H]1c1cccnc1. The number of hydrogen-bond acceptors (Lipinski definition) is 3. The zero-order valence-corrected chi connectivity index (χ0v) is 11.5. The molecule has 1 aliphatic rings. The number of nitrogens with zero attached hydrogens (tertiary/aromatic N) is 2. The van der Waals surface area contributed by atoms with E-state index < -0.39 is 0 Å². The fourth-order valence-electron chi connectivity index (χ4n) is 3.17. The van der Waals surface area contributed by atoms with Crippen LogP contribution in [0.25, 0.3) is 0 Å². The number of likely N-dealkylation sites (tertiary alicyclic amines) is 1. The molecule has 2 aromatic rings. The third-order valence-corrected chi connectivity index (χ3v) is 4.12. The van der Waals surface area contributed by atoms with Crippen LogP contribution in [0.4, 0.5) is 0 Å². The highest BCUT2D eigenvalue weighted by atomic mass is 16.3. The summed E-state index contributed by atoms with van der Waals surface area (Å²) in [5.74, 6) is 0. The van der Waals surface area contributed by atoms with Gasteiger partial charge in [0.2, 0.25) is 0 Å². The topological polar surface area (TPSA) is 36.4 Å². The van der Waals surface area contributed by atoms with Gasteiger partial charge in [0, 0.05) is 18.4 Å². The van der Waals surface area contributed by atoms with E-state index in [2.05, 4.69) is 28.1 Å². The monoisotopic (exact) mass is 268 g/mol. The number of pyridine rings is 1. The summed E-state index contributed by atoms with van der Waals surface area (Å²) in [4.78, 5) is 6.64. The van der Waals surface area contributed by atoms with Crippen molar-refractivity contribution in [1.82, 2.24) is 9.88 Å². The molecule has 0 radical (unpaired) electrons. The van der Waals surface area contributed by atoms with Gasteiger partial charge in [-0.25, -0.2) is 0 Å². The average molecular weight is 268 g/mol. The Morgan fingerprint density at radius 1 is 1.20 bits per heavy atom. The van der Waals surface area contributed by atoms with Gasteiger partial charge in [-0.3, -0.25) is 9.88 Å². The number of benzene rings is 1. The fourth-order valence-corrected chi connectivity index (χ4v) is 3.17. The van der Waals surface area contributed by atoms with Gasteiger partial charge in [-0.2, -0.15) is 0 Å². The summed E-state index contributed by atoms with van der Waals surface area (Å²) in [5, 5.41) is 9.85. The summed E-state index contributed by atoms with van der Waals surface area (Å²) in [7, 11) is 0. The van der Waals surface area contributed by atoms with Crippen molar-refractivity contribution in [2.75, 3.05) is 13.2 Å². The fraction of sp³-hybridized carbons (Fsp3) is 0.353. The van der Waals surface area contributed by atoms with Gasteiger partial charge >= 0.3 is 0 Å². The standard InChI is InChI=1S/C17H20N2O/c20-13-17(14-6-2-1-3-7-14)19-11-5-9-16(19)15-8-4-10-18-12-15/h1-4,6-8,10,12,16-17,20H,5,9,11,13H2/t16-,17+/m0/s1. The van der Waals surface area contributed by atoms with Crippen molar-refractivity contribution in [1.29, 1.82) is 0 Å². The van der Waals surface area contributed by atoms with Crippen molar-refractivity contribution in [2.24, 2.45) is 0 Å². The largest absolute Gasteiger partial charge is 0.394 e. The van der Waals surface area contributed by atoms with E-state index in [0.717, 1.165) is 13.0 Å². The lowest BCUT2D eigenvalue weighted by atomic mass is 10.0. The van der Waals surface area contributed by atoms with Crippen LogP contribution in [-0.2, 0) is 0 Å². The molecule has 2 atom stereocenters. The summed E-state index contributed by atoms with van der Waals surface area (Å²) in [6.07, 6.45) is 6.06. The van der Waals surface area contributed by atoms with Crippen LogP contribution in [0.3, 0.4) is 0 Å². The zero-order valence-electron chi connectivity index (χ0n) is 11.5. The first-order valence-electron chi connectivity index (χ1n) is 7.21. The molecule has 0 aliphatic carbocycles. The summed E-state index contributed by atoms with van der Waals surface area (Å²) >= 11 is 0. The predicted octanol–water partition coefficient (Wildman–Crippen LogP) is 2.95. The first kappa shape index (κ1) is 13.3. The molecule has 0 bridgehead atoms. The molecule has 1 aliphatic heterocycles. The van der Waals surface area contributed by atoms with Gasteiger partial charge in [-0.15, -0.1) is 0 Å². The molecular weight excluding hydrogens is 248 g/mol. The van der Waals surface area contributed by atoms with E-state index in [1.807, 2.05) is 36.7 Å². The van der Waals surface area contributed by atoms with E-state index in [-0.39, 0.29) is 12.6 Å². The Morgan fingerprint density at radius 3 is 2.75 bits per heavy atom. The highest BCUT2D eigenvalue weighted by Gasteiger charge is 2.32. The second-order valence-electron chi connectivity index (χ2n) is 5.29. The molecule has 3 rings (SSSR count). The van der Waals surface area contributed by atoms with Crippen molar-refractivity contribution in [3.8, 4) is 0 Å². The normalized spacial score (nSPS) is 20.9. The Kier molecular flexibility index (Phi) is 4.09. The molecule has 0 amide bonds. The van der Waals surface area contributed by atoms with Gasteiger partial charge < -0.3 is 5.11 Å². The average Bonchev–Trinajstić information content (AvgIpc) is 2.99. The molecule has 0 unspecified atom stereocenters. The summed E-state index contributed by atoms with van der Waals surface area (Å²) in [6, 6.07) is 14.8. The first-order chi connectivity index (χ1) is 9.90. The molecule has 0 spiro atoms. The van der Waals surface area contributed by atoms with Crippen molar-refractivity contribution >= 4 is 0 Å². The Hall–Kier alpha value is -1.71. The minimum Gasteiger partial charge on any atom is -0.394 e. The third kappa shape index (κ3) is 2.60. The quantitative estimate of drug-likeness (QED) is 0.926. The molecule has 1 N–H and O–H groups in total. The lowest BCUT2D eigenvalue weighted by molar-refractivity contribution is 0.112. The minimum atomic E-state index is 0.0731. The smallest absolute Gasteiger partial charge is 0.0628 e. The molecule has 1 aromatic heterocycles. The molecule has 104 valence electrons. The van der Waals surface area contributed by atoms with Gasteiger partial charge in [0.1, 0.15) is 0 Å². The highest BCUT2D eigenvalue weighted by Crippen LogP contribution is 2.38. The Morgan fingerprint density at radius 2 is 2.05 bits per heavy atom. The van der Waals surface area contributed by atoms with E-state index in [1.165, 1.54) is 17.5 Å². The van der Waals surface area contributed by atoms with Gasteiger partial charge in [0.15, 0.2) is 0 Å². The second-order valence-corrected chi connectivity index (χ2v) is 5.29. The maximum atomic E-state index is 9.85. The van der Waals surface area contributed by atoms with Gasteiger partial charge in [-0.1, -0.05) is 36.4 Å². The molecular formula is C17H20N2O. The van der Waals surface area contributed by atoms with Crippen LogP contribution in [0.1, 0.15) is 36.1 Å². The zero-order chi connectivity index (χ0) is 13.8.